The maximum absolute atomic E-state index is 14.0. The molecule has 37 heavy (non-hydrogen) atoms. The van der Waals surface area contributed by atoms with Gasteiger partial charge in [-0.05, 0) is 12.1 Å². The number of ether oxygens (including phenoxy) is 1. The number of halogens is 4. The smallest absolute Gasteiger partial charge is 0.257 e. The molecule has 1 aromatic heterocycles. The number of allylic oxidation sites excluding steroid dienone is 1. The van der Waals surface area contributed by atoms with Gasteiger partial charge in [-0.15, -0.1) is 0 Å². The summed E-state index contributed by atoms with van der Waals surface area (Å²) in [5.74, 6) is -0.990. The molecule has 2 aliphatic heterocycles. The fourth-order valence-electron chi connectivity index (χ4n) is 4.35. The van der Waals surface area contributed by atoms with Crippen LogP contribution in [0.3, 0.4) is 0 Å². The highest BCUT2D eigenvalue weighted by Crippen LogP contribution is 2.30. The Morgan fingerprint density at radius 3 is 2.62 bits per heavy atom. The molecule has 2 N–H and O–H groups in total. The molecule has 4 rings (SSSR count). The Hall–Kier alpha value is -3.70. The van der Waals surface area contributed by atoms with Gasteiger partial charge in [-0.25, -0.2) is 27.5 Å². The van der Waals surface area contributed by atoms with Crippen LogP contribution in [0.1, 0.15) is 36.8 Å². The number of benzene rings is 1. The van der Waals surface area contributed by atoms with Crippen LogP contribution in [0, 0.1) is 11.6 Å². The average molecular weight is 521 g/mol. The summed E-state index contributed by atoms with van der Waals surface area (Å²) in [6, 6.07) is 3.19. The minimum Gasteiger partial charge on any atom is -0.487 e. The molecule has 0 atom stereocenters. The zero-order valence-electron chi connectivity index (χ0n) is 20.3. The molecule has 12 heteroatoms. The van der Waals surface area contributed by atoms with Crippen LogP contribution in [0.25, 0.3) is 5.57 Å². The molecule has 198 valence electrons. The number of amides is 1. The molecule has 3 heterocycles. The molecule has 0 radical (unpaired) electrons. The number of fused-ring (bicyclic) bond motifs is 1. The number of nitrogens with two attached hydrogens (primary N) is 1. The van der Waals surface area contributed by atoms with E-state index < -0.39 is 24.6 Å². The largest absolute Gasteiger partial charge is 0.487 e. The van der Waals surface area contributed by atoms with Crippen molar-refractivity contribution in [1.82, 2.24) is 14.9 Å². The van der Waals surface area contributed by atoms with Gasteiger partial charge in [0, 0.05) is 69.9 Å². The molecule has 1 amide bonds. The van der Waals surface area contributed by atoms with E-state index in [4.69, 9.17) is 20.4 Å². The molecular weight excluding hydrogens is 492 g/mol. The van der Waals surface area contributed by atoms with Gasteiger partial charge in [-0.3, -0.25) is 9.79 Å². The maximum atomic E-state index is 14.0. The first-order chi connectivity index (χ1) is 17.7. The normalized spacial score (nSPS) is 17.0. The first-order valence-corrected chi connectivity index (χ1v) is 12.0. The molecule has 1 saturated heterocycles. The average Bonchev–Trinajstić information content (AvgIpc) is 2.87. The van der Waals surface area contributed by atoms with E-state index in [9.17, 15) is 22.4 Å². The molecule has 1 fully saturated rings. The fourth-order valence-corrected chi connectivity index (χ4v) is 4.35. The van der Waals surface area contributed by atoms with E-state index >= 15 is 0 Å². The number of hydrogen-bond donors (Lipinski definition) is 1. The molecule has 1 aromatic carbocycles. The lowest BCUT2D eigenvalue weighted by molar-refractivity contribution is -0.129. The van der Waals surface area contributed by atoms with Gasteiger partial charge in [0.05, 0.1) is 24.5 Å². The predicted octanol–water partition coefficient (Wildman–Crippen LogP) is 3.34. The summed E-state index contributed by atoms with van der Waals surface area (Å²) in [6.07, 6.45) is 1.21. The van der Waals surface area contributed by atoms with E-state index in [0.717, 1.165) is 17.8 Å². The number of aromatic nitrogens is 2. The Labute approximate surface area is 211 Å². The van der Waals surface area contributed by atoms with Crippen LogP contribution in [0.4, 0.5) is 23.4 Å². The summed E-state index contributed by atoms with van der Waals surface area (Å²) >= 11 is 0. The molecule has 8 nitrogen and oxygen atoms in total. The van der Waals surface area contributed by atoms with Crippen molar-refractivity contribution >= 4 is 23.5 Å². The summed E-state index contributed by atoms with van der Waals surface area (Å²) in [4.78, 5) is 28.9. The van der Waals surface area contributed by atoms with Gasteiger partial charge >= 0.3 is 0 Å². The zero-order chi connectivity index (χ0) is 26.5. The second kappa shape index (κ2) is 11.6. The van der Waals surface area contributed by atoms with Crippen molar-refractivity contribution < 1.29 is 27.1 Å². The molecule has 2 aliphatic rings. The molecule has 0 aliphatic carbocycles. The summed E-state index contributed by atoms with van der Waals surface area (Å²) in [7, 11) is 0. The quantitative estimate of drug-likeness (QED) is 0.444. The summed E-state index contributed by atoms with van der Waals surface area (Å²) < 4.78 is 58.3. The number of hydrogen-bond acceptors (Lipinski definition) is 7. The second-order valence-corrected chi connectivity index (χ2v) is 8.87. The van der Waals surface area contributed by atoms with Crippen LogP contribution in [0.2, 0.25) is 0 Å². The number of alkyl halides is 2. The topological polar surface area (TPSA) is 96.9 Å². The zero-order valence-corrected chi connectivity index (χ0v) is 20.3. The van der Waals surface area contributed by atoms with E-state index in [2.05, 4.69) is 4.99 Å². The van der Waals surface area contributed by atoms with Crippen molar-refractivity contribution in [3.05, 3.63) is 53.1 Å². The summed E-state index contributed by atoms with van der Waals surface area (Å²) in [5, 5.41) is 0. The van der Waals surface area contributed by atoms with Gasteiger partial charge < -0.3 is 20.3 Å². The van der Waals surface area contributed by atoms with Gasteiger partial charge in [0.25, 0.3) is 6.43 Å². The van der Waals surface area contributed by atoms with Crippen molar-refractivity contribution in [2.45, 2.75) is 45.3 Å². The fraction of sp³-hybridized carbons (Fsp3) is 0.440. The lowest BCUT2D eigenvalue weighted by Crippen LogP contribution is -2.40. The lowest BCUT2D eigenvalue weighted by Gasteiger charge is -2.35. The molecule has 2 aromatic rings. The van der Waals surface area contributed by atoms with Gasteiger partial charge in [0.2, 0.25) is 5.91 Å². The molecule has 0 spiro atoms. The minimum absolute atomic E-state index is 0.00673. The van der Waals surface area contributed by atoms with Crippen LogP contribution in [-0.4, -0.2) is 65.7 Å². The third kappa shape index (κ3) is 6.36. The third-order valence-electron chi connectivity index (χ3n) is 6.29. The Morgan fingerprint density at radius 1 is 1.22 bits per heavy atom. The van der Waals surface area contributed by atoms with Gasteiger partial charge in [0.1, 0.15) is 17.6 Å². The van der Waals surface area contributed by atoms with Crippen molar-refractivity contribution in [3.8, 4) is 5.75 Å². The van der Waals surface area contributed by atoms with E-state index in [1.54, 1.807) is 4.90 Å². The third-order valence-corrected chi connectivity index (χ3v) is 6.29. The maximum Gasteiger partial charge on any atom is 0.257 e. The number of rotatable bonds is 7. The van der Waals surface area contributed by atoms with Crippen LogP contribution >= 0.6 is 0 Å². The molecule has 0 unspecified atom stereocenters. The van der Waals surface area contributed by atoms with E-state index in [-0.39, 0.29) is 24.3 Å². The monoisotopic (exact) mass is 520 g/mol. The highest BCUT2D eigenvalue weighted by molar-refractivity contribution is 6.10. The van der Waals surface area contributed by atoms with Crippen molar-refractivity contribution in [2.24, 2.45) is 10.7 Å². The van der Waals surface area contributed by atoms with E-state index in [1.165, 1.54) is 25.4 Å². The van der Waals surface area contributed by atoms with Crippen LogP contribution in [-0.2, 0) is 17.8 Å². The number of nitrogens with zero attached hydrogens (tertiary/aromatic N) is 5. The van der Waals surface area contributed by atoms with Gasteiger partial charge in [0.15, 0.2) is 17.4 Å². The molecular formula is C25H28F4N6O2. The highest BCUT2D eigenvalue weighted by Gasteiger charge is 2.29. The van der Waals surface area contributed by atoms with Crippen molar-refractivity contribution in [1.29, 1.82) is 0 Å². The van der Waals surface area contributed by atoms with Crippen molar-refractivity contribution in [2.75, 3.05) is 31.1 Å². The van der Waals surface area contributed by atoms with Gasteiger partial charge in [-0.1, -0.05) is 0 Å². The number of carbonyl (C=O) groups is 1. The Balaban J connectivity index is 1.58. The summed E-state index contributed by atoms with van der Waals surface area (Å²) in [6.45, 7) is 2.62. The number of piperidine rings is 1. The number of anilines is 1. The SMILES string of the molecule is CC(=O)N1CCc2nc(N3CCC(Oc4ccc(F)cc4F)CC3)c(/C(C=NCC(F)F)=C/N)nc2C1. The molecule has 0 bridgehead atoms. The Kier molecular flexibility index (Phi) is 8.24. The Bertz CT molecular complexity index is 1200. The first kappa shape index (κ1) is 26.4. The predicted molar refractivity (Wildman–Crippen MR) is 131 cm³/mol. The number of aliphatic imine (C=N–C) groups is 1. The van der Waals surface area contributed by atoms with Crippen LogP contribution in [0.5, 0.6) is 5.75 Å². The minimum atomic E-state index is -2.60. The van der Waals surface area contributed by atoms with Crippen LogP contribution in [0.15, 0.2) is 29.4 Å². The van der Waals surface area contributed by atoms with E-state index in [0.29, 0.717) is 61.7 Å². The highest BCUT2D eigenvalue weighted by atomic mass is 19.3. The second-order valence-electron chi connectivity index (χ2n) is 8.87. The van der Waals surface area contributed by atoms with Crippen LogP contribution < -0.4 is 15.4 Å². The molecule has 0 saturated carbocycles. The summed E-state index contributed by atoms with van der Waals surface area (Å²) in [5.41, 5.74) is 7.92. The lowest BCUT2D eigenvalue weighted by atomic mass is 10.0. The standard InChI is InChI=1S/C25H28F4N6O2/c1-15(36)35-9-6-20-21(14-35)32-24(16(11-30)12-31-13-23(28)29)25(33-20)34-7-4-18(5-8-34)37-22-3-2-17(26)10-19(22)27/h2-3,10-12,18,23H,4-9,13-14,30H2,1H3/b16-11+,31-12?. The van der Waals surface area contributed by atoms with Gasteiger partial charge in [-0.2, -0.15) is 0 Å². The van der Waals surface area contributed by atoms with E-state index in [1.807, 2.05) is 4.90 Å². The first-order valence-electron chi connectivity index (χ1n) is 12.0. The Morgan fingerprint density at radius 2 is 1.97 bits per heavy atom. The van der Waals surface area contributed by atoms with Crippen molar-refractivity contribution in [3.63, 3.8) is 0 Å². The number of carbonyl (C=O) groups excluding carboxylic acids is 1.